The molecular weight excluding hydrogens is 226 g/mol. The summed E-state index contributed by atoms with van der Waals surface area (Å²) in [6.45, 7) is -0.110. The SMILES string of the molecule is O=C(NC1(CO)CCC1)c1cc([N+](=O)[O-])c[nH]1. The van der Waals surface area contributed by atoms with E-state index >= 15 is 0 Å². The Balaban J connectivity index is 2.06. The van der Waals surface area contributed by atoms with Crippen molar-refractivity contribution in [2.75, 3.05) is 6.61 Å². The van der Waals surface area contributed by atoms with Gasteiger partial charge < -0.3 is 15.4 Å². The average Bonchev–Trinajstić information content (AvgIpc) is 2.72. The molecular formula is C10H13N3O4. The van der Waals surface area contributed by atoms with Crippen molar-refractivity contribution in [3.8, 4) is 0 Å². The normalized spacial score (nSPS) is 17.2. The largest absolute Gasteiger partial charge is 0.394 e. The number of aromatic nitrogens is 1. The summed E-state index contributed by atoms with van der Waals surface area (Å²) in [5.74, 6) is -0.424. The van der Waals surface area contributed by atoms with Crippen LogP contribution in [0.3, 0.4) is 0 Å². The lowest BCUT2D eigenvalue weighted by atomic mass is 9.77. The Kier molecular flexibility index (Phi) is 2.84. The first-order chi connectivity index (χ1) is 8.06. The minimum atomic E-state index is -0.571. The zero-order chi connectivity index (χ0) is 12.5. The van der Waals surface area contributed by atoms with Gasteiger partial charge in [0.2, 0.25) is 0 Å². The molecule has 0 radical (unpaired) electrons. The number of aliphatic hydroxyl groups excluding tert-OH is 1. The fourth-order valence-corrected chi connectivity index (χ4v) is 1.85. The smallest absolute Gasteiger partial charge is 0.287 e. The Morgan fingerprint density at radius 3 is 2.76 bits per heavy atom. The number of hydrogen-bond acceptors (Lipinski definition) is 4. The first kappa shape index (κ1) is 11.6. The predicted octanol–water partition coefficient (Wildman–Crippen LogP) is 0.568. The number of aromatic amines is 1. The van der Waals surface area contributed by atoms with Crippen molar-refractivity contribution >= 4 is 11.6 Å². The summed E-state index contributed by atoms with van der Waals surface area (Å²) in [6, 6.07) is 1.18. The van der Waals surface area contributed by atoms with Crippen molar-refractivity contribution < 1.29 is 14.8 Å². The molecule has 7 nitrogen and oxygen atoms in total. The van der Waals surface area contributed by atoms with E-state index in [0.717, 1.165) is 19.3 Å². The summed E-state index contributed by atoms with van der Waals surface area (Å²) in [5.41, 5.74) is -0.560. The third kappa shape index (κ3) is 2.14. The van der Waals surface area contributed by atoms with Crippen LogP contribution in [0.2, 0.25) is 0 Å². The standard InChI is InChI=1S/C10H13N3O4/c14-6-10(2-1-3-10)12-9(15)8-4-7(5-11-8)13(16)17/h4-5,11,14H,1-3,6H2,(H,12,15). The molecule has 2 rings (SSSR count). The van der Waals surface area contributed by atoms with E-state index in [1.165, 1.54) is 12.3 Å². The Morgan fingerprint density at radius 1 is 1.65 bits per heavy atom. The quantitative estimate of drug-likeness (QED) is 0.527. The fraction of sp³-hybridized carbons (Fsp3) is 0.500. The van der Waals surface area contributed by atoms with Crippen molar-refractivity contribution in [2.45, 2.75) is 24.8 Å². The number of H-pyrrole nitrogens is 1. The van der Waals surface area contributed by atoms with Gasteiger partial charge in [-0.1, -0.05) is 0 Å². The molecule has 1 aliphatic carbocycles. The molecule has 7 heteroatoms. The maximum Gasteiger partial charge on any atom is 0.287 e. The second kappa shape index (κ2) is 4.17. The molecule has 3 N–H and O–H groups in total. The summed E-state index contributed by atoms with van der Waals surface area (Å²) in [4.78, 5) is 24.2. The number of hydrogen-bond donors (Lipinski definition) is 3. The van der Waals surface area contributed by atoms with E-state index in [0.29, 0.717) is 0 Å². The highest BCUT2D eigenvalue weighted by Crippen LogP contribution is 2.31. The van der Waals surface area contributed by atoms with Crippen LogP contribution in [0, 0.1) is 10.1 Å². The van der Waals surface area contributed by atoms with Gasteiger partial charge in [0.15, 0.2) is 0 Å². The number of carbonyl (C=O) groups excluding carboxylic acids is 1. The Bertz CT molecular complexity index is 445. The van der Waals surface area contributed by atoms with Crippen LogP contribution >= 0.6 is 0 Å². The number of amides is 1. The van der Waals surface area contributed by atoms with Crippen molar-refractivity contribution in [2.24, 2.45) is 0 Å². The molecule has 0 unspecified atom stereocenters. The van der Waals surface area contributed by atoms with Crippen LogP contribution in [-0.4, -0.2) is 33.1 Å². The van der Waals surface area contributed by atoms with Crippen LogP contribution in [0.5, 0.6) is 0 Å². The summed E-state index contributed by atoms with van der Waals surface area (Å²) in [6.07, 6.45) is 3.60. The second-order valence-electron chi connectivity index (χ2n) is 4.27. The predicted molar refractivity (Wildman–Crippen MR) is 58.6 cm³/mol. The van der Waals surface area contributed by atoms with Crippen molar-refractivity contribution in [3.63, 3.8) is 0 Å². The highest BCUT2D eigenvalue weighted by Gasteiger charge is 2.38. The first-order valence-corrected chi connectivity index (χ1v) is 5.32. The number of aliphatic hydroxyl groups is 1. The number of nitrogens with zero attached hydrogens (tertiary/aromatic N) is 1. The third-order valence-corrected chi connectivity index (χ3v) is 3.12. The van der Waals surface area contributed by atoms with Crippen molar-refractivity contribution in [1.29, 1.82) is 0 Å². The maximum absolute atomic E-state index is 11.8. The summed E-state index contributed by atoms with van der Waals surface area (Å²) in [5, 5.41) is 22.4. The van der Waals surface area contributed by atoms with Crippen LogP contribution in [0.25, 0.3) is 0 Å². The van der Waals surface area contributed by atoms with E-state index in [-0.39, 0.29) is 18.0 Å². The number of rotatable bonds is 4. The number of carbonyl (C=O) groups is 1. The van der Waals surface area contributed by atoms with Gasteiger partial charge in [-0.25, -0.2) is 0 Å². The minimum Gasteiger partial charge on any atom is -0.394 e. The van der Waals surface area contributed by atoms with E-state index in [1.54, 1.807) is 0 Å². The zero-order valence-electron chi connectivity index (χ0n) is 9.10. The Labute approximate surface area is 97.0 Å². The number of nitrogens with one attached hydrogen (secondary N) is 2. The minimum absolute atomic E-state index is 0.110. The van der Waals surface area contributed by atoms with Crippen LogP contribution in [-0.2, 0) is 0 Å². The molecule has 0 spiro atoms. The highest BCUT2D eigenvalue weighted by molar-refractivity contribution is 5.93. The van der Waals surface area contributed by atoms with Gasteiger partial charge in [0, 0.05) is 6.07 Å². The van der Waals surface area contributed by atoms with Gasteiger partial charge in [0.25, 0.3) is 11.6 Å². The summed E-state index contributed by atoms with van der Waals surface area (Å²) < 4.78 is 0. The lowest BCUT2D eigenvalue weighted by molar-refractivity contribution is -0.384. The molecule has 1 aromatic heterocycles. The van der Waals surface area contributed by atoms with Gasteiger partial charge in [-0.2, -0.15) is 0 Å². The summed E-state index contributed by atoms with van der Waals surface area (Å²) in [7, 11) is 0. The van der Waals surface area contributed by atoms with Gasteiger partial charge in [-0.05, 0) is 19.3 Å². The molecule has 0 aliphatic heterocycles. The maximum atomic E-state index is 11.8. The first-order valence-electron chi connectivity index (χ1n) is 5.32. The monoisotopic (exact) mass is 239 g/mol. The Hall–Kier alpha value is -1.89. The van der Waals surface area contributed by atoms with Gasteiger partial charge in [0.1, 0.15) is 5.69 Å². The van der Waals surface area contributed by atoms with Crippen LogP contribution in [0.1, 0.15) is 29.8 Å². The second-order valence-corrected chi connectivity index (χ2v) is 4.27. The molecule has 1 saturated carbocycles. The number of nitro groups is 1. The molecule has 1 fully saturated rings. The van der Waals surface area contributed by atoms with Gasteiger partial charge in [0.05, 0.1) is 23.3 Å². The summed E-state index contributed by atoms with van der Waals surface area (Å²) >= 11 is 0. The molecule has 1 amide bonds. The lowest BCUT2D eigenvalue weighted by Gasteiger charge is -2.40. The molecule has 0 aromatic carbocycles. The Morgan fingerprint density at radius 2 is 2.35 bits per heavy atom. The molecule has 1 heterocycles. The van der Waals surface area contributed by atoms with Crippen LogP contribution in [0.4, 0.5) is 5.69 Å². The van der Waals surface area contributed by atoms with E-state index in [2.05, 4.69) is 10.3 Å². The molecule has 0 saturated heterocycles. The molecule has 0 atom stereocenters. The molecule has 0 bridgehead atoms. The van der Waals surface area contributed by atoms with E-state index in [4.69, 9.17) is 0 Å². The third-order valence-electron chi connectivity index (χ3n) is 3.12. The highest BCUT2D eigenvalue weighted by atomic mass is 16.6. The average molecular weight is 239 g/mol. The molecule has 92 valence electrons. The zero-order valence-corrected chi connectivity index (χ0v) is 9.10. The molecule has 1 aliphatic rings. The topological polar surface area (TPSA) is 108 Å². The van der Waals surface area contributed by atoms with Crippen LogP contribution in [0.15, 0.2) is 12.3 Å². The van der Waals surface area contributed by atoms with Gasteiger partial charge >= 0.3 is 0 Å². The van der Waals surface area contributed by atoms with Crippen molar-refractivity contribution in [1.82, 2.24) is 10.3 Å². The van der Waals surface area contributed by atoms with E-state index in [9.17, 15) is 20.0 Å². The van der Waals surface area contributed by atoms with Gasteiger partial charge in [-0.15, -0.1) is 0 Å². The van der Waals surface area contributed by atoms with Crippen molar-refractivity contribution in [3.05, 3.63) is 28.1 Å². The van der Waals surface area contributed by atoms with E-state index < -0.39 is 16.4 Å². The fourth-order valence-electron chi connectivity index (χ4n) is 1.85. The lowest BCUT2D eigenvalue weighted by Crippen LogP contribution is -2.56. The molecule has 1 aromatic rings. The van der Waals surface area contributed by atoms with Gasteiger partial charge in [-0.3, -0.25) is 14.9 Å². The van der Waals surface area contributed by atoms with E-state index in [1.807, 2.05) is 0 Å². The molecule has 17 heavy (non-hydrogen) atoms. The van der Waals surface area contributed by atoms with Crippen LogP contribution < -0.4 is 5.32 Å².